The fourth-order valence-electron chi connectivity index (χ4n) is 1.99. The summed E-state index contributed by atoms with van der Waals surface area (Å²) in [6.45, 7) is 5.18. The maximum atomic E-state index is 12.0. The molecule has 3 N–H and O–H groups in total. The number of nitrogens with zero attached hydrogens (tertiary/aromatic N) is 2. The fourth-order valence-corrected chi connectivity index (χ4v) is 1.99. The monoisotopic (exact) mass is 270 g/mol. The van der Waals surface area contributed by atoms with Gasteiger partial charge in [-0.1, -0.05) is 6.92 Å². The number of nitrogens with two attached hydrogens (primary N) is 1. The molecule has 2 unspecified atom stereocenters. The van der Waals surface area contributed by atoms with Gasteiger partial charge in [0.1, 0.15) is 0 Å². The van der Waals surface area contributed by atoms with E-state index in [1.165, 1.54) is 0 Å². The minimum atomic E-state index is -0.209. The van der Waals surface area contributed by atoms with Crippen LogP contribution in [0.5, 0.6) is 0 Å². The molecule has 6 heteroatoms. The molecule has 1 heterocycles. The molecule has 6 nitrogen and oxygen atoms in total. The van der Waals surface area contributed by atoms with Crippen LogP contribution in [0.1, 0.15) is 13.3 Å². The Labute approximate surface area is 115 Å². The molecular weight excluding hydrogens is 244 g/mol. The highest BCUT2D eigenvalue weighted by Crippen LogP contribution is 2.17. The minimum Gasteiger partial charge on any atom is -0.355 e. The highest BCUT2D eigenvalue weighted by atomic mass is 16.2. The Morgan fingerprint density at radius 1 is 1.58 bits per heavy atom. The highest BCUT2D eigenvalue weighted by Gasteiger charge is 2.33. The Morgan fingerprint density at radius 2 is 2.26 bits per heavy atom. The normalized spacial score (nSPS) is 21.0. The van der Waals surface area contributed by atoms with E-state index in [0.717, 1.165) is 6.54 Å². The average Bonchev–Trinajstić information content (AvgIpc) is 2.74. The predicted octanol–water partition coefficient (Wildman–Crippen LogP) is -0.892. The van der Waals surface area contributed by atoms with Crippen molar-refractivity contribution in [1.82, 2.24) is 15.1 Å². The van der Waals surface area contributed by atoms with E-state index >= 15 is 0 Å². The minimum absolute atomic E-state index is 0.0268. The van der Waals surface area contributed by atoms with Crippen LogP contribution in [0.2, 0.25) is 0 Å². The molecule has 0 aromatic heterocycles. The summed E-state index contributed by atoms with van der Waals surface area (Å²) in [5.74, 6) is 0.111. The largest absolute Gasteiger partial charge is 0.355 e. The third kappa shape index (κ3) is 5.16. The van der Waals surface area contributed by atoms with Crippen molar-refractivity contribution in [2.24, 2.45) is 17.6 Å². The van der Waals surface area contributed by atoms with E-state index < -0.39 is 0 Å². The van der Waals surface area contributed by atoms with Gasteiger partial charge in [0.15, 0.2) is 0 Å². The van der Waals surface area contributed by atoms with Gasteiger partial charge >= 0.3 is 0 Å². The van der Waals surface area contributed by atoms with E-state index in [1.807, 2.05) is 25.9 Å². The topological polar surface area (TPSA) is 78.7 Å². The molecule has 110 valence electrons. The van der Waals surface area contributed by atoms with Gasteiger partial charge in [0, 0.05) is 32.6 Å². The second-order valence-corrected chi connectivity index (χ2v) is 5.63. The number of carbonyl (C=O) groups is 2. The Bertz CT molecular complexity index is 320. The summed E-state index contributed by atoms with van der Waals surface area (Å²) >= 11 is 0. The van der Waals surface area contributed by atoms with Crippen molar-refractivity contribution < 1.29 is 9.59 Å². The Morgan fingerprint density at radius 3 is 2.84 bits per heavy atom. The van der Waals surface area contributed by atoms with Gasteiger partial charge in [-0.3, -0.25) is 9.59 Å². The van der Waals surface area contributed by atoms with E-state index in [4.69, 9.17) is 5.73 Å². The van der Waals surface area contributed by atoms with Crippen LogP contribution >= 0.6 is 0 Å². The molecule has 1 rings (SSSR count). The molecule has 0 aromatic carbocycles. The first-order chi connectivity index (χ1) is 8.93. The van der Waals surface area contributed by atoms with Crippen molar-refractivity contribution in [3.8, 4) is 0 Å². The maximum Gasteiger partial charge on any atom is 0.225 e. The number of amides is 2. The van der Waals surface area contributed by atoms with E-state index in [1.54, 1.807) is 4.90 Å². The zero-order chi connectivity index (χ0) is 14.4. The zero-order valence-corrected chi connectivity index (χ0v) is 12.2. The SMILES string of the molecule is CC(CN)CNC(=O)C1CC(=O)N(CCN(C)C)C1. The molecular formula is C13H26N4O2. The van der Waals surface area contributed by atoms with Gasteiger partial charge in [0.2, 0.25) is 11.8 Å². The number of carbonyl (C=O) groups excluding carboxylic acids is 2. The van der Waals surface area contributed by atoms with E-state index in [2.05, 4.69) is 5.32 Å². The van der Waals surface area contributed by atoms with Crippen molar-refractivity contribution >= 4 is 11.8 Å². The summed E-state index contributed by atoms with van der Waals surface area (Å²) in [6, 6.07) is 0. The van der Waals surface area contributed by atoms with Crippen LogP contribution in [0.15, 0.2) is 0 Å². The van der Waals surface area contributed by atoms with Gasteiger partial charge in [0.25, 0.3) is 0 Å². The molecule has 0 radical (unpaired) electrons. The molecule has 0 bridgehead atoms. The first-order valence-corrected chi connectivity index (χ1v) is 6.84. The molecule has 1 saturated heterocycles. The summed E-state index contributed by atoms with van der Waals surface area (Å²) in [5, 5.41) is 2.87. The number of likely N-dealkylation sites (N-methyl/N-ethyl adjacent to an activating group) is 1. The van der Waals surface area contributed by atoms with Gasteiger partial charge in [-0.25, -0.2) is 0 Å². The number of nitrogens with one attached hydrogen (secondary N) is 1. The van der Waals surface area contributed by atoms with Crippen molar-refractivity contribution in [3.63, 3.8) is 0 Å². The third-order valence-electron chi connectivity index (χ3n) is 3.43. The smallest absolute Gasteiger partial charge is 0.225 e. The number of hydrogen-bond acceptors (Lipinski definition) is 4. The standard InChI is InChI=1S/C13H26N4O2/c1-10(7-14)8-15-13(19)11-6-12(18)17(9-11)5-4-16(2)3/h10-11H,4-9,14H2,1-3H3,(H,15,19). The lowest BCUT2D eigenvalue weighted by Gasteiger charge is -2.19. The van der Waals surface area contributed by atoms with Crippen LogP contribution < -0.4 is 11.1 Å². The summed E-state index contributed by atoms with van der Waals surface area (Å²) in [7, 11) is 3.94. The first-order valence-electron chi connectivity index (χ1n) is 6.84. The Balaban J connectivity index is 2.36. The molecule has 19 heavy (non-hydrogen) atoms. The quantitative estimate of drug-likeness (QED) is 0.629. The second kappa shape index (κ2) is 7.45. The van der Waals surface area contributed by atoms with Gasteiger partial charge in [-0.15, -0.1) is 0 Å². The molecule has 0 aromatic rings. The summed E-state index contributed by atoms with van der Waals surface area (Å²) in [4.78, 5) is 27.6. The van der Waals surface area contributed by atoms with Gasteiger partial charge < -0.3 is 20.9 Å². The molecule has 0 spiro atoms. The van der Waals surface area contributed by atoms with Crippen LogP contribution in [-0.2, 0) is 9.59 Å². The molecule has 1 fully saturated rings. The molecule has 0 aliphatic carbocycles. The van der Waals surface area contributed by atoms with Crippen LogP contribution in [0, 0.1) is 11.8 Å². The lowest BCUT2D eigenvalue weighted by Crippen LogP contribution is -2.37. The zero-order valence-electron chi connectivity index (χ0n) is 12.2. The first kappa shape index (κ1) is 15.9. The van der Waals surface area contributed by atoms with E-state index in [9.17, 15) is 9.59 Å². The van der Waals surface area contributed by atoms with Gasteiger partial charge in [-0.2, -0.15) is 0 Å². The maximum absolute atomic E-state index is 12.0. The van der Waals surface area contributed by atoms with Crippen molar-refractivity contribution in [2.45, 2.75) is 13.3 Å². The van der Waals surface area contributed by atoms with Crippen LogP contribution in [0.4, 0.5) is 0 Å². The van der Waals surface area contributed by atoms with E-state index in [0.29, 0.717) is 32.6 Å². The number of hydrogen-bond donors (Lipinski definition) is 2. The van der Waals surface area contributed by atoms with Crippen molar-refractivity contribution in [3.05, 3.63) is 0 Å². The third-order valence-corrected chi connectivity index (χ3v) is 3.43. The fraction of sp³-hybridized carbons (Fsp3) is 0.846. The van der Waals surface area contributed by atoms with Crippen molar-refractivity contribution in [1.29, 1.82) is 0 Å². The lowest BCUT2D eigenvalue weighted by molar-refractivity contribution is -0.129. The van der Waals surface area contributed by atoms with Gasteiger partial charge in [-0.05, 0) is 26.6 Å². The highest BCUT2D eigenvalue weighted by molar-refractivity contribution is 5.89. The summed E-state index contributed by atoms with van der Waals surface area (Å²) in [6.07, 6.45) is 0.330. The van der Waals surface area contributed by atoms with Crippen LogP contribution in [0.25, 0.3) is 0 Å². The molecule has 2 amide bonds. The molecule has 1 aliphatic rings. The predicted molar refractivity (Wildman–Crippen MR) is 74.5 cm³/mol. The molecule has 1 aliphatic heterocycles. The summed E-state index contributed by atoms with van der Waals surface area (Å²) in [5.41, 5.74) is 5.51. The van der Waals surface area contributed by atoms with Crippen LogP contribution in [0.3, 0.4) is 0 Å². The Hall–Kier alpha value is -1.14. The number of rotatable bonds is 7. The van der Waals surface area contributed by atoms with Crippen LogP contribution in [-0.4, -0.2) is 68.4 Å². The molecule has 0 saturated carbocycles. The second-order valence-electron chi connectivity index (χ2n) is 5.63. The lowest BCUT2D eigenvalue weighted by atomic mass is 10.1. The van der Waals surface area contributed by atoms with E-state index in [-0.39, 0.29) is 23.7 Å². The van der Waals surface area contributed by atoms with Gasteiger partial charge in [0.05, 0.1) is 5.92 Å². The van der Waals surface area contributed by atoms with Crippen molar-refractivity contribution in [2.75, 3.05) is 46.8 Å². The number of likely N-dealkylation sites (tertiary alicyclic amines) is 1. The summed E-state index contributed by atoms with van der Waals surface area (Å²) < 4.78 is 0. The average molecular weight is 270 g/mol. The molecule has 2 atom stereocenters. The Kier molecular flexibility index (Phi) is 6.24.